The normalized spacial score (nSPS) is 15.2. The van der Waals surface area contributed by atoms with Crippen LogP contribution in [-0.2, 0) is 9.53 Å². The number of nitrogens with zero attached hydrogens (tertiary/aromatic N) is 1. The van der Waals surface area contributed by atoms with Gasteiger partial charge in [0.15, 0.2) is 6.61 Å². The highest BCUT2D eigenvalue weighted by Crippen LogP contribution is 2.21. The Morgan fingerprint density at radius 3 is 2.41 bits per heavy atom. The summed E-state index contributed by atoms with van der Waals surface area (Å²) in [6.45, 7) is 3.61. The highest BCUT2D eigenvalue weighted by Gasteiger charge is 2.20. The Morgan fingerprint density at radius 2 is 1.74 bits per heavy atom. The van der Waals surface area contributed by atoms with Gasteiger partial charge in [-0.2, -0.15) is 0 Å². The van der Waals surface area contributed by atoms with E-state index in [1.165, 1.54) is 12.8 Å². The predicted molar refractivity (Wildman–Crippen MR) is 105 cm³/mol. The van der Waals surface area contributed by atoms with Crippen molar-refractivity contribution in [3.63, 3.8) is 0 Å². The van der Waals surface area contributed by atoms with E-state index in [4.69, 9.17) is 4.74 Å². The van der Waals surface area contributed by atoms with Crippen molar-refractivity contribution in [2.75, 3.05) is 6.61 Å². The number of benzene rings is 1. The fourth-order valence-corrected chi connectivity index (χ4v) is 3.85. The average Bonchev–Trinajstić information content (AvgIpc) is 2.83. The van der Waals surface area contributed by atoms with Crippen molar-refractivity contribution in [1.82, 2.24) is 9.88 Å². The minimum atomic E-state index is -0.457. The summed E-state index contributed by atoms with van der Waals surface area (Å²) >= 11 is 0. The molecule has 0 spiro atoms. The molecule has 1 aromatic heterocycles. The summed E-state index contributed by atoms with van der Waals surface area (Å²) in [5, 5.41) is 3.00. The lowest BCUT2D eigenvalue weighted by atomic mass is 10.1. The van der Waals surface area contributed by atoms with Gasteiger partial charge < -0.3 is 14.6 Å². The van der Waals surface area contributed by atoms with Crippen LogP contribution in [0.15, 0.2) is 36.4 Å². The molecule has 1 N–H and O–H groups in total. The van der Waals surface area contributed by atoms with Crippen LogP contribution in [0.1, 0.15) is 60.3 Å². The first-order chi connectivity index (χ1) is 13.1. The number of hydrogen-bond acceptors (Lipinski definition) is 3. The minimum Gasteiger partial charge on any atom is -0.452 e. The smallest absolute Gasteiger partial charge is 0.340 e. The van der Waals surface area contributed by atoms with Crippen LogP contribution in [-0.4, -0.2) is 29.1 Å². The molecular weight excluding hydrogens is 340 g/mol. The third-order valence-corrected chi connectivity index (χ3v) is 5.22. The zero-order valence-corrected chi connectivity index (χ0v) is 16.2. The van der Waals surface area contributed by atoms with Crippen LogP contribution >= 0.6 is 0 Å². The fourth-order valence-electron chi connectivity index (χ4n) is 3.85. The molecule has 0 aliphatic heterocycles. The van der Waals surface area contributed by atoms with Crippen LogP contribution in [0.25, 0.3) is 5.69 Å². The van der Waals surface area contributed by atoms with Gasteiger partial charge >= 0.3 is 5.97 Å². The molecule has 1 heterocycles. The van der Waals surface area contributed by atoms with Gasteiger partial charge in [0, 0.05) is 23.1 Å². The number of esters is 1. The Bertz CT molecular complexity index is 787. The van der Waals surface area contributed by atoms with Crippen molar-refractivity contribution >= 4 is 11.9 Å². The highest BCUT2D eigenvalue weighted by atomic mass is 16.5. The van der Waals surface area contributed by atoms with Gasteiger partial charge in [-0.05, 0) is 44.9 Å². The summed E-state index contributed by atoms with van der Waals surface area (Å²) in [5.74, 6) is -0.673. The van der Waals surface area contributed by atoms with Crippen LogP contribution in [0.4, 0.5) is 0 Å². The average molecular weight is 368 g/mol. The third kappa shape index (κ3) is 4.79. The summed E-state index contributed by atoms with van der Waals surface area (Å²) in [7, 11) is 0. The number of aryl methyl sites for hydroxylation is 1. The van der Waals surface area contributed by atoms with Crippen LogP contribution in [0.5, 0.6) is 0 Å². The maximum absolute atomic E-state index is 12.5. The molecule has 2 aromatic rings. The first-order valence-corrected chi connectivity index (χ1v) is 9.77. The van der Waals surface area contributed by atoms with Gasteiger partial charge in [-0.1, -0.05) is 43.9 Å². The summed E-state index contributed by atoms with van der Waals surface area (Å²) in [4.78, 5) is 24.6. The van der Waals surface area contributed by atoms with E-state index in [0.29, 0.717) is 5.56 Å². The second-order valence-electron chi connectivity index (χ2n) is 7.29. The largest absolute Gasteiger partial charge is 0.452 e. The van der Waals surface area contributed by atoms with E-state index in [2.05, 4.69) is 5.32 Å². The number of carbonyl (C=O) groups is 2. The van der Waals surface area contributed by atoms with Crippen molar-refractivity contribution < 1.29 is 14.3 Å². The lowest BCUT2D eigenvalue weighted by Crippen LogP contribution is -2.37. The second kappa shape index (κ2) is 8.89. The third-order valence-electron chi connectivity index (χ3n) is 5.22. The number of carbonyl (C=O) groups excluding carboxylic acids is 2. The monoisotopic (exact) mass is 368 g/mol. The van der Waals surface area contributed by atoms with E-state index in [-0.39, 0.29) is 18.6 Å². The Kier molecular flexibility index (Phi) is 6.32. The number of ether oxygens (including phenoxy) is 1. The molecule has 0 radical (unpaired) electrons. The molecule has 1 aliphatic carbocycles. The van der Waals surface area contributed by atoms with Crippen molar-refractivity contribution in [3.8, 4) is 5.69 Å². The van der Waals surface area contributed by atoms with Crippen molar-refractivity contribution in [2.45, 2.75) is 58.4 Å². The Morgan fingerprint density at radius 1 is 1.07 bits per heavy atom. The molecule has 27 heavy (non-hydrogen) atoms. The first-order valence-electron chi connectivity index (χ1n) is 9.77. The number of hydrogen-bond donors (Lipinski definition) is 1. The number of amides is 1. The molecule has 144 valence electrons. The van der Waals surface area contributed by atoms with Crippen molar-refractivity contribution in [2.24, 2.45) is 0 Å². The molecule has 0 bridgehead atoms. The van der Waals surface area contributed by atoms with E-state index in [1.54, 1.807) is 0 Å². The van der Waals surface area contributed by atoms with Gasteiger partial charge in [0.25, 0.3) is 5.91 Å². The first kappa shape index (κ1) is 19.2. The predicted octanol–water partition coefficient (Wildman–Crippen LogP) is 4.09. The highest BCUT2D eigenvalue weighted by molar-refractivity contribution is 5.93. The lowest BCUT2D eigenvalue weighted by molar-refractivity contribution is -0.125. The summed E-state index contributed by atoms with van der Waals surface area (Å²) in [6.07, 6.45) is 6.79. The maximum Gasteiger partial charge on any atom is 0.340 e. The van der Waals surface area contributed by atoms with E-state index < -0.39 is 5.97 Å². The zero-order chi connectivity index (χ0) is 19.2. The molecule has 5 nitrogen and oxygen atoms in total. The molecule has 1 aliphatic rings. The molecule has 0 saturated heterocycles. The van der Waals surface area contributed by atoms with E-state index in [1.807, 2.05) is 54.8 Å². The summed E-state index contributed by atoms with van der Waals surface area (Å²) < 4.78 is 7.30. The molecule has 1 fully saturated rings. The molecule has 1 aromatic carbocycles. The SMILES string of the molecule is Cc1cc(C(=O)OCC(=O)NC2CCCCCC2)c(C)n1-c1ccccc1. The summed E-state index contributed by atoms with van der Waals surface area (Å²) in [5.41, 5.74) is 3.26. The molecule has 3 rings (SSSR count). The van der Waals surface area contributed by atoms with E-state index >= 15 is 0 Å². The van der Waals surface area contributed by atoms with Crippen LogP contribution in [0, 0.1) is 13.8 Å². The Labute approximate surface area is 160 Å². The molecule has 0 unspecified atom stereocenters. The van der Waals surface area contributed by atoms with Gasteiger partial charge in [0.2, 0.25) is 0 Å². The summed E-state index contributed by atoms with van der Waals surface area (Å²) in [6, 6.07) is 11.9. The Hall–Kier alpha value is -2.56. The van der Waals surface area contributed by atoms with Gasteiger partial charge in [-0.25, -0.2) is 4.79 Å². The molecule has 5 heteroatoms. The van der Waals surface area contributed by atoms with E-state index in [0.717, 1.165) is 42.8 Å². The standard InChI is InChI=1S/C22H28N2O3/c1-16-14-20(17(2)24(16)19-12-8-5-9-13-19)22(26)27-15-21(25)23-18-10-6-3-4-7-11-18/h5,8-9,12-14,18H,3-4,6-7,10-11,15H2,1-2H3,(H,23,25). The van der Waals surface area contributed by atoms with Gasteiger partial charge in [0.05, 0.1) is 5.56 Å². The van der Waals surface area contributed by atoms with Crippen LogP contribution in [0.2, 0.25) is 0 Å². The van der Waals surface area contributed by atoms with E-state index in [9.17, 15) is 9.59 Å². The topological polar surface area (TPSA) is 60.3 Å². The minimum absolute atomic E-state index is 0.210. The van der Waals surface area contributed by atoms with Gasteiger partial charge in [-0.15, -0.1) is 0 Å². The molecular formula is C22H28N2O3. The maximum atomic E-state index is 12.5. The number of para-hydroxylation sites is 1. The fraction of sp³-hybridized carbons (Fsp3) is 0.455. The Balaban J connectivity index is 1.60. The quantitative estimate of drug-likeness (QED) is 0.639. The van der Waals surface area contributed by atoms with Crippen molar-refractivity contribution in [1.29, 1.82) is 0 Å². The zero-order valence-electron chi connectivity index (χ0n) is 16.2. The second-order valence-corrected chi connectivity index (χ2v) is 7.29. The van der Waals surface area contributed by atoms with Crippen LogP contribution < -0.4 is 5.32 Å². The van der Waals surface area contributed by atoms with Gasteiger partial charge in [-0.3, -0.25) is 4.79 Å². The molecule has 0 atom stereocenters. The van der Waals surface area contributed by atoms with Gasteiger partial charge in [0.1, 0.15) is 0 Å². The van der Waals surface area contributed by atoms with Crippen molar-refractivity contribution in [3.05, 3.63) is 53.3 Å². The number of aromatic nitrogens is 1. The molecule has 1 saturated carbocycles. The number of nitrogens with one attached hydrogen (secondary N) is 1. The number of rotatable bonds is 5. The molecule has 1 amide bonds. The van der Waals surface area contributed by atoms with Crippen LogP contribution in [0.3, 0.4) is 0 Å². The lowest BCUT2D eigenvalue weighted by Gasteiger charge is -2.16.